The number of fused-ring (bicyclic) bond motifs is 2. The summed E-state index contributed by atoms with van der Waals surface area (Å²) in [5, 5.41) is 0.853. The van der Waals surface area contributed by atoms with E-state index in [1.54, 1.807) is 4.90 Å². The van der Waals surface area contributed by atoms with Crippen LogP contribution >= 0.6 is 11.8 Å². The van der Waals surface area contributed by atoms with Crippen LogP contribution < -0.4 is 0 Å². The Bertz CT molecular complexity index is 469. The standard InChI is InChI=1S/C11H10N2OS/c1-7-8-4-2-3-5-9(8)12-11-13(7)10(14)6-15-11/h2-5,7H,6H2,1H3/t7-/m0/s1. The van der Waals surface area contributed by atoms with E-state index in [2.05, 4.69) is 11.9 Å². The third kappa shape index (κ3) is 1.21. The second-order valence-electron chi connectivity index (χ2n) is 3.68. The van der Waals surface area contributed by atoms with Crippen molar-refractivity contribution in [3.05, 3.63) is 29.8 Å². The van der Waals surface area contributed by atoms with Crippen LogP contribution in [0, 0.1) is 0 Å². The summed E-state index contributed by atoms with van der Waals surface area (Å²) in [4.78, 5) is 17.9. The van der Waals surface area contributed by atoms with Crippen molar-refractivity contribution in [1.82, 2.24) is 4.90 Å². The first-order valence-corrected chi connectivity index (χ1v) is 5.88. The zero-order chi connectivity index (χ0) is 10.4. The van der Waals surface area contributed by atoms with E-state index in [4.69, 9.17) is 0 Å². The molecule has 1 saturated heterocycles. The molecule has 4 heteroatoms. The first-order valence-electron chi connectivity index (χ1n) is 4.90. The highest BCUT2D eigenvalue weighted by molar-refractivity contribution is 8.15. The van der Waals surface area contributed by atoms with Gasteiger partial charge in [-0.25, -0.2) is 4.99 Å². The molecular weight excluding hydrogens is 208 g/mol. The van der Waals surface area contributed by atoms with Gasteiger partial charge in [-0.3, -0.25) is 9.69 Å². The quantitative estimate of drug-likeness (QED) is 0.669. The van der Waals surface area contributed by atoms with E-state index in [-0.39, 0.29) is 11.9 Å². The van der Waals surface area contributed by atoms with Crippen LogP contribution in [0.25, 0.3) is 0 Å². The molecule has 0 N–H and O–H groups in total. The van der Waals surface area contributed by atoms with Crippen LogP contribution in [0.1, 0.15) is 18.5 Å². The van der Waals surface area contributed by atoms with E-state index in [9.17, 15) is 4.79 Å². The first kappa shape index (κ1) is 8.97. The molecule has 1 fully saturated rings. The van der Waals surface area contributed by atoms with E-state index in [1.807, 2.05) is 24.3 Å². The average Bonchev–Trinajstić information content (AvgIpc) is 2.61. The summed E-state index contributed by atoms with van der Waals surface area (Å²) >= 11 is 1.53. The Morgan fingerprint density at radius 2 is 2.27 bits per heavy atom. The monoisotopic (exact) mass is 218 g/mol. The maximum atomic E-state index is 11.7. The van der Waals surface area contributed by atoms with Crippen LogP contribution in [0.2, 0.25) is 0 Å². The molecule has 2 heterocycles. The SMILES string of the molecule is C[C@H]1c2ccccc2N=C2SCC(=O)N21. The molecule has 1 aromatic carbocycles. The van der Waals surface area contributed by atoms with Gasteiger partial charge in [0.2, 0.25) is 5.91 Å². The van der Waals surface area contributed by atoms with Crippen molar-refractivity contribution in [2.24, 2.45) is 4.99 Å². The molecule has 1 atom stereocenters. The highest BCUT2D eigenvalue weighted by Gasteiger charge is 2.36. The van der Waals surface area contributed by atoms with Crippen LogP contribution in [-0.2, 0) is 4.79 Å². The summed E-state index contributed by atoms with van der Waals surface area (Å²) in [6.07, 6.45) is 0. The normalized spacial score (nSPS) is 23.5. The van der Waals surface area contributed by atoms with Gasteiger partial charge in [0.15, 0.2) is 5.17 Å². The smallest absolute Gasteiger partial charge is 0.239 e. The molecule has 0 bridgehead atoms. The molecule has 0 aliphatic carbocycles. The zero-order valence-corrected chi connectivity index (χ0v) is 9.12. The molecule has 15 heavy (non-hydrogen) atoms. The highest BCUT2D eigenvalue weighted by Crippen LogP contribution is 2.39. The second-order valence-corrected chi connectivity index (χ2v) is 4.62. The maximum absolute atomic E-state index is 11.7. The van der Waals surface area contributed by atoms with Crippen LogP contribution in [0.5, 0.6) is 0 Å². The summed E-state index contributed by atoms with van der Waals surface area (Å²) in [5.74, 6) is 0.692. The molecule has 0 spiro atoms. The Hall–Kier alpha value is -1.29. The lowest BCUT2D eigenvalue weighted by Crippen LogP contribution is -2.34. The Kier molecular flexibility index (Phi) is 1.85. The Morgan fingerprint density at radius 3 is 3.13 bits per heavy atom. The third-order valence-corrected chi connectivity index (χ3v) is 3.73. The van der Waals surface area contributed by atoms with Crippen LogP contribution in [0.15, 0.2) is 29.3 Å². The number of carbonyl (C=O) groups excluding carboxylic acids is 1. The zero-order valence-electron chi connectivity index (χ0n) is 8.30. The molecule has 0 saturated carbocycles. The van der Waals surface area contributed by atoms with Gasteiger partial charge in [0.05, 0.1) is 17.5 Å². The minimum absolute atomic E-state index is 0.121. The molecule has 0 unspecified atom stereocenters. The Labute approximate surface area is 92.2 Å². The van der Waals surface area contributed by atoms with E-state index < -0.39 is 0 Å². The topological polar surface area (TPSA) is 32.7 Å². The van der Waals surface area contributed by atoms with Crippen LogP contribution in [0.4, 0.5) is 5.69 Å². The molecule has 3 nitrogen and oxygen atoms in total. The van der Waals surface area contributed by atoms with Crippen molar-refractivity contribution in [3.63, 3.8) is 0 Å². The first-order chi connectivity index (χ1) is 7.27. The van der Waals surface area contributed by atoms with Gasteiger partial charge in [-0.1, -0.05) is 30.0 Å². The fraction of sp³-hybridized carbons (Fsp3) is 0.273. The van der Waals surface area contributed by atoms with Gasteiger partial charge in [0.25, 0.3) is 0 Å². The summed E-state index contributed by atoms with van der Waals surface area (Å²) in [6.45, 7) is 2.05. The number of hydrogen-bond donors (Lipinski definition) is 0. The molecule has 1 aromatic rings. The minimum Gasteiger partial charge on any atom is -0.283 e. The van der Waals surface area contributed by atoms with E-state index >= 15 is 0 Å². The van der Waals surface area contributed by atoms with Crippen molar-refractivity contribution in [3.8, 4) is 0 Å². The van der Waals surface area contributed by atoms with Gasteiger partial charge in [0.1, 0.15) is 0 Å². The van der Waals surface area contributed by atoms with E-state index in [1.165, 1.54) is 11.8 Å². The number of thioether (sulfide) groups is 1. The number of para-hydroxylation sites is 1. The summed E-state index contributed by atoms with van der Waals surface area (Å²) in [7, 11) is 0. The van der Waals surface area contributed by atoms with Gasteiger partial charge in [-0.15, -0.1) is 0 Å². The number of carbonyl (C=O) groups is 1. The van der Waals surface area contributed by atoms with Crippen LogP contribution in [0.3, 0.4) is 0 Å². The fourth-order valence-electron chi connectivity index (χ4n) is 2.02. The molecule has 0 aromatic heterocycles. The van der Waals surface area contributed by atoms with Crippen LogP contribution in [-0.4, -0.2) is 21.7 Å². The van der Waals surface area contributed by atoms with Gasteiger partial charge in [0, 0.05) is 5.56 Å². The summed E-state index contributed by atoms with van der Waals surface area (Å²) in [6, 6.07) is 8.13. The van der Waals surface area contributed by atoms with Crippen molar-refractivity contribution in [1.29, 1.82) is 0 Å². The molecule has 1 amide bonds. The van der Waals surface area contributed by atoms with Gasteiger partial charge < -0.3 is 0 Å². The fourth-order valence-corrected chi connectivity index (χ4v) is 2.98. The lowest BCUT2D eigenvalue weighted by atomic mass is 10.0. The minimum atomic E-state index is 0.121. The molecule has 3 rings (SSSR count). The predicted octanol–water partition coefficient (Wildman–Crippen LogP) is 2.32. The average molecular weight is 218 g/mol. The van der Waals surface area contributed by atoms with Gasteiger partial charge in [-0.2, -0.15) is 0 Å². The number of aliphatic imine (C=N–C) groups is 1. The number of amidine groups is 1. The maximum Gasteiger partial charge on any atom is 0.239 e. The lowest BCUT2D eigenvalue weighted by molar-refractivity contribution is -0.125. The molecular formula is C11H10N2OS. The number of amides is 1. The Balaban J connectivity index is 2.17. The third-order valence-electron chi connectivity index (χ3n) is 2.79. The highest BCUT2D eigenvalue weighted by atomic mass is 32.2. The largest absolute Gasteiger partial charge is 0.283 e. The lowest BCUT2D eigenvalue weighted by Gasteiger charge is -2.29. The molecule has 76 valence electrons. The van der Waals surface area contributed by atoms with E-state index in [0.29, 0.717) is 5.75 Å². The predicted molar refractivity (Wildman–Crippen MR) is 61.3 cm³/mol. The summed E-state index contributed by atoms with van der Waals surface area (Å²) < 4.78 is 0. The van der Waals surface area contributed by atoms with Gasteiger partial charge in [-0.05, 0) is 13.0 Å². The van der Waals surface area contributed by atoms with Crippen molar-refractivity contribution < 1.29 is 4.79 Å². The van der Waals surface area contributed by atoms with Gasteiger partial charge >= 0.3 is 0 Å². The number of benzene rings is 1. The van der Waals surface area contributed by atoms with Crippen molar-refractivity contribution in [2.75, 3.05) is 5.75 Å². The van der Waals surface area contributed by atoms with E-state index in [0.717, 1.165) is 16.4 Å². The molecule has 0 radical (unpaired) electrons. The van der Waals surface area contributed by atoms with Crippen molar-refractivity contribution >= 4 is 28.5 Å². The molecule has 2 aliphatic heterocycles. The summed E-state index contributed by atoms with van der Waals surface area (Å²) in [5.41, 5.74) is 2.13. The number of nitrogens with zero attached hydrogens (tertiary/aromatic N) is 2. The Morgan fingerprint density at radius 1 is 1.47 bits per heavy atom. The molecule has 2 aliphatic rings. The second kappa shape index (κ2) is 3.10. The van der Waals surface area contributed by atoms with Crippen molar-refractivity contribution in [2.45, 2.75) is 13.0 Å². The number of hydrogen-bond acceptors (Lipinski definition) is 3. The number of rotatable bonds is 0.